The van der Waals surface area contributed by atoms with Gasteiger partial charge in [-0.25, -0.2) is 0 Å². The number of carbonyl (C=O) groups excluding carboxylic acids is 1. The largest absolute Gasteiger partial charge is 0.493 e. The number of hydrogen-bond donors (Lipinski definition) is 1. The first kappa shape index (κ1) is 23.0. The Kier molecular flexibility index (Phi) is 7.06. The van der Waals surface area contributed by atoms with E-state index in [-0.39, 0.29) is 34.9 Å². The summed E-state index contributed by atoms with van der Waals surface area (Å²) in [6.07, 6.45) is 1.16. The molecular weight excluding hydrogens is 422 g/mol. The van der Waals surface area contributed by atoms with Crippen LogP contribution in [-0.4, -0.2) is 17.9 Å². The van der Waals surface area contributed by atoms with E-state index in [1.165, 1.54) is 19.2 Å². The van der Waals surface area contributed by atoms with Gasteiger partial charge in [0.2, 0.25) is 5.75 Å². The molecule has 2 N–H and O–H groups in total. The fourth-order valence-electron chi connectivity index (χ4n) is 3.37. The number of rotatable bonds is 8. The second-order valence-electron chi connectivity index (χ2n) is 7.11. The number of primary amides is 1. The molecule has 0 heterocycles. The van der Waals surface area contributed by atoms with Crippen LogP contribution in [0.1, 0.15) is 16.7 Å². The van der Waals surface area contributed by atoms with Crippen molar-refractivity contribution in [3.05, 3.63) is 93.0 Å². The molecule has 0 aliphatic heterocycles. The molecule has 166 valence electrons. The summed E-state index contributed by atoms with van der Waals surface area (Å²) in [4.78, 5) is 22.5. The zero-order valence-electron chi connectivity index (χ0n) is 18.1. The summed E-state index contributed by atoms with van der Waals surface area (Å²) in [6.45, 7) is 2.04. The molecule has 0 aliphatic carbocycles. The Morgan fingerprint density at radius 2 is 1.91 bits per heavy atom. The van der Waals surface area contributed by atoms with Gasteiger partial charge in [0.25, 0.3) is 5.91 Å². The monoisotopic (exact) mass is 443 g/mol. The molecule has 3 aromatic carbocycles. The summed E-state index contributed by atoms with van der Waals surface area (Å²) in [5, 5.41) is 20.8. The first-order valence-corrected chi connectivity index (χ1v) is 9.90. The third-order valence-corrected chi connectivity index (χ3v) is 5.07. The van der Waals surface area contributed by atoms with Crippen LogP contribution in [0.25, 0.3) is 17.2 Å². The van der Waals surface area contributed by atoms with E-state index in [0.717, 1.165) is 28.3 Å². The molecule has 0 spiro atoms. The van der Waals surface area contributed by atoms with Gasteiger partial charge < -0.3 is 15.2 Å². The Morgan fingerprint density at radius 3 is 2.52 bits per heavy atom. The predicted molar refractivity (Wildman–Crippen MR) is 123 cm³/mol. The van der Waals surface area contributed by atoms with E-state index in [4.69, 9.17) is 20.5 Å². The first-order chi connectivity index (χ1) is 15.8. The van der Waals surface area contributed by atoms with E-state index in [1.54, 1.807) is 6.07 Å². The second kappa shape index (κ2) is 10.1. The Morgan fingerprint density at radius 1 is 1.18 bits per heavy atom. The van der Waals surface area contributed by atoms with Crippen molar-refractivity contribution in [2.24, 2.45) is 5.73 Å². The average Bonchev–Trinajstić information content (AvgIpc) is 2.82. The van der Waals surface area contributed by atoms with Gasteiger partial charge in [0.1, 0.15) is 18.2 Å². The summed E-state index contributed by atoms with van der Waals surface area (Å²) >= 11 is 0. The lowest BCUT2D eigenvalue weighted by Crippen LogP contribution is -2.12. The van der Waals surface area contributed by atoms with Gasteiger partial charge in [-0.05, 0) is 46.9 Å². The molecule has 3 rings (SSSR count). The Bertz CT molecular complexity index is 1280. The van der Waals surface area contributed by atoms with Gasteiger partial charge in [0.05, 0.1) is 12.0 Å². The molecule has 8 heteroatoms. The van der Waals surface area contributed by atoms with Crippen LogP contribution in [0.5, 0.6) is 11.5 Å². The van der Waals surface area contributed by atoms with E-state index < -0.39 is 10.8 Å². The highest BCUT2D eigenvalue weighted by molar-refractivity contribution is 6.00. The lowest BCUT2D eigenvalue weighted by atomic mass is 9.97. The molecule has 0 atom stereocenters. The van der Waals surface area contributed by atoms with Crippen molar-refractivity contribution in [1.82, 2.24) is 0 Å². The van der Waals surface area contributed by atoms with E-state index in [1.807, 2.05) is 55.5 Å². The van der Waals surface area contributed by atoms with Crippen molar-refractivity contribution >= 4 is 17.7 Å². The molecule has 0 bridgehead atoms. The van der Waals surface area contributed by atoms with E-state index in [9.17, 15) is 14.9 Å². The third-order valence-electron chi connectivity index (χ3n) is 5.07. The molecule has 1 amide bonds. The van der Waals surface area contributed by atoms with Crippen molar-refractivity contribution in [2.45, 2.75) is 13.5 Å². The van der Waals surface area contributed by atoms with E-state index >= 15 is 0 Å². The molecule has 0 saturated carbocycles. The molecule has 33 heavy (non-hydrogen) atoms. The molecule has 0 aromatic heterocycles. The number of nitrogens with zero attached hydrogens (tertiary/aromatic N) is 2. The van der Waals surface area contributed by atoms with Crippen molar-refractivity contribution in [3.8, 4) is 28.7 Å². The number of nitriles is 1. The smallest absolute Gasteiger partial charge is 0.315 e. The van der Waals surface area contributed by atoms with Gasteiger partial charge in [-0.3, -0.25) is 14.9 Å². The highest BCUT2D eigenvalue weighted by Crippen LogP contribution is 2.39. The SMILES string of the molecule is COc1cc(/C=C(\C#N)C(N)=O)cc([N+](=O)[O-])c1OCc1cccc(-c2ccccc2)c1C. The number of amides is 1. The number of methoxy groups -OCH3 is 1. The Balaban J connectivity index is 1.99. The van der Waals surface area contributed by atoms with Gasteiger partial charge in [0.15, 0.2) is 5.75 Å². The molecule has 8 nitrogen and oxygen atoms in total. The van der Waals surface area contributed by atoms with Crippen LogP contribution in [0, 0.1) is 28.4 Å². The number of ether oxygens (including phenoxy) is 2. The molecule has 0 fully saturated rings. The molecule has 0 aliphatic rings. The van der Waals surface area contributed by atoms with Crippen molar-refractivity contribution in [2.75, 3.05) is 7.11 Å². The fraction of sp³-hybridized carbons (Fsp3) is 0.120. The quantitative estimate of drug-likeness (QED) is 0.235. The third kappa shape index (κ3) is 5.17. The minimum atomic E-state index is -0.937. The average molecular weight is 443 g/mol. The Labute approximate surface area is 190 Å². The molecule has 3 aromatic rings. The highest BCUT2D eigenvalue weighted by Gasteiger charge is 2.23. The van der Waals surface area contributed by atoms with Gasteiger partial charge in [-0.15, -0.1) is 0 Å². The normalized spacial score (nSPS) is 10.9. The number of hydrogen-bond acceptors (Lipinski definition) is 6. The minimum absolute atomic E-state index is 0.0539. The standard InChI is InChI=1S/C25H21N3O5/c1-16-19(9-6-10-21(16)18-7-4-3-5-8-18)15-33-24-22(28(30)31)12-17(13-23(24)32-2)11-20(14-26)25(27)29/h3-13H,15H2,1-2H3,(H2,27,29)/b20-11+. The zero-order valence-corrected chi connectivity index (χ0v) is 18.1. The molecule has 0 saturated heterocycles. The summed E-state index contributed by atoms with van der Waals surface area (Å²) < 4.78 is 11.2. The predicted octanol–water partition coefficient (Wildman–Crippen LogP) is 4.55. The van der Waals surface area contributed by atoms with Gasteiger partial charge in [-0.1, -0.05) is 48.5 Å². The van der Waals surface area contributed by atoms with Crippen LogP contribution in [0.4, 0.5) is 5.69 Å². The van der Waals surface area contributed by atoms with Crippen molar-refractivity contribution in [1.29, 1.82) is 5.26 Å². The maximum Gasteiger partial charge on any atom is 0.315 e. The maximum absolute atomic E-state index is 11.7. The lowest BCUT2D eigenvalue weighted by Gasteiger charge is -2.15. The van der Waals surface area contributed by atoms with Crippen LogP contribution in [-0.2, 0) is 11.4 Å². The summed E-state index contributed by atoms with van der Waals surface area (Å²) in [5.41, 5.74) is 8.60. The lowest BCUT2D eigenvalue weighted by molar-refractivity contribution is -0.386. The van der Waals surface area contributed by atoms with Crippen molar-refractivity contribution in [3.63, 3.8) is 0 Å². The zero-order chi connectivity index (χ0) is 24.0. The number of nitro benzene ring substituents is 1. The topological polar surface area (TPSA) is 128 Å². The van der Waals surface area contributed by atoms with E-state index in [0.29, 0.717) is 0 Å². The molecular formula is C25H21N3O5. The van der Waals surface area contributed by atoms with Crippen LogP contribution >= 0.6 is 0 Å². The first-order valence-electron chi connectivity index (χ1n) is 9.90. The summed E-state index contributed by atoms with van der Waals surface area (Å²) in [5.74, 6) is -0.899. The van der Waals surface area contributed by atoms with Crippen LogP contribution in [0.2, 0.25) is 0 Å². The molecule has 0 unspecified atom stereocenters. The van der Waals surface area contributed by atoms with Crippen LogP contribution in [0.15, 0.2) is 66.2 Å². The van der Waals surface area contributed by atoms with E-state index in [2.05, 4.69) is 0 Å². The highest BCUT2D eigenvalue weighted by atomic mass is 16.6. The number of carbonyl (C=O) groups is 1. The van der Waals surface area contributed by atoms with Crippen LogP contribution in [0.3, 0.4) is 0 Å². The molecule has 0 radical (unpaired) electrons. The van der Waals surface area contributed by atoms with Gasteiger partial charge in [0, 0.05) is 6.07 Å². The number of nitro groups is 1. The number of benzene rings is 3. The Hall–Kier alpha value is -4.64. The number of nitrogens with two attached hydrogens (primary N) is 1. The summed E-state index contributed by atoms with van der Waals surface area (Å²) in [6, 6.07) is 20.0. The van der Waals surface area contributed by atoms with Gasteiger partial charge >= 0.3 is 5.69 Å². The summed E-state index contributed by atoms with van der Waals surface area (Å²) in [7, 11) is 1.35. The van der Waals surface area contributed by atoms with Crippen LogP contribution < -0.4 is 15.2 Å². The fourth-order valence-corrected chi connectivity index (χ4v) is 3.37. The minimum Gasteiger partial charge on any atom is -0.493 e. The second-order valence-corrected chi connectivity index (χ2v) is 7.11. The van der Waals surface area contributed by atoms with Crippen molar-refractivity contribution < 1.29 is 19.2 Å². The maximum atomic E-state index is 11.7. The van der Waals surface area contributed by atoms with Gasteiger partial charge in [-0.2, -0.15) is 5.26 Å².